The van der Waals surface area contributed by atoms with Crippen LogP contribution in [0.25, 0.3) is 0 Å². The Hall–Kier alpha value is -1.37. The van der Waals surface area contributed by atoms with Gasteiger partial charge in [0, 0.05) is 0 Å². The number of amides is 1. The molecule has 0 aromatic heterocycles. The number of carbonyl (C=O) groups excluding carboxylic acids is 2. The normalized spacial score (nSPS) is 14.6. The highest BCUT2D eigenvalue weighted by Crippen LogP contribution is 2.20. The Morgan fingerprint density at radius 2 is 2.09 bits per heavy atom. The van der Waals surface area contributed by atoms with E-state index in [9.17, 15) is 9.59 Å². The second-order valence-corrected chi connectivity index (χ2v) is 2.64. The van der Waals surface area contributed by atoms with E-state index in [2.05, 4.69) is 0 Å². The topological polar surface area (TPSA) is 83.9 Å². The van der Waals surface area contributed by atoms with Crippen LogP contribution in [-0.2, 0) is 9.59 Å². The minimum atomic E-state index is -1.24. The molecule has 0 saturated carbocycles. The SMILES string of the molecule is CC(=O)C(C)(C#N)CC(N)=O. The van der Waals surface area contributed by atoms with Crippen molar-refractivity contribution in [2.45, 2.75) is 20.3 Å². The fraction of sp³-hybridized carbons (Fsp3) is 0.571. The summed E-state index contributed by atoms with van der Waals surface area (Å²) < 4.78 is 0. The van der Waals surface area contributed by atoms with Crippen molar-refractivity contribution in [1.29, 1.82) is 5.26 Å². The van der Waals surface area contributed by atoms with Crippen LogP contribution in [0.15, 0.2) is 0 Å². The van der Waals surface area contributed by atoms with Crippen LogP contribution in [0.2, 0.25) is 0 Å². The zero-order valence-electron chi connectivity index (χ0n) is 6.55. The van der Waals surface area contributed by atoms with Gasteiger partial charge in [-0.15, -0.1) is 0 Å². The van der Waals surface area contributed by atoms with Gasteiger partial charge in [-0.25, -0.2) is 0 Å². The number of Topliss-reactive ketones (excluding diaryl/α,β-unsaturated/α-hetero) is 1. The van der Waals surface area contributed by atoms with Gasteiger partial charge in [-0.05, 0) is 13.8 Å². The third-order valence-electron chi connectivity index (χ3n) is 1.55. The zero-order chi connectivity index (χ0) is 9.07. The molecule has 2 N–H and O–H groups in total. The average Bonchev–Trinajstić information content (AvgIpc) is 1.86. The first-order valence-electron chi connectivity index (χ1n) is 3.13. The van der Waals surface area contributed by atoms with Crippen LogP contribution in [0.1, 0.15) is 20.3 Å². The molecular weight excluding hydrogens is 144 g/mol. The number of nitrogens with zero attached hydrogens (tertiary/aromatic N) is 1. The maximum Gasteiger partial charge on any atom is 0.219 e. The first-order valence-corrected chi connectivity index (χ1v) is 3.13. The summed E-state index contributed by atoms with van der Waals surface area (Å²) >= 11 is 0. The van der Waals surface area contributed by atoms with Crippen molar-refractivity contribution in [2.75, 3.05) is 0 Å². The van der Waals surface area contributed by atoms with Crippen molar-refractivity contribution in [3.63, 3.8) is 0 Å². The summed E-state index contributed by atoms with van der Waals surface area (Å²) in [7, 11) is 0. The van der Waals surface area contributed by atoms with Crippen LogP contribution >= 0.6 is 0 Å². The van der Waals surface area contributed by atoms with Crippen molar-refractivity contribution in [3.05, 3.63) is 0 Å². The molecule has 0 spiro atoms. The lowest BCUT2D eigenvalue weighted by Crippen LogP contribution is -2.29. The maximum absolute atomic E-state index is 10.8. The molecule has 0 heterocycles. The van der Waals surface area contributed by atoms with Gasteiger partial charge >= 0.3 is 0 Å². The first kappa shape index (κ1) is 9.63. The molecule has 60 valence electrons. The third kappa shape index (κ3) is 2.38. The lowest BCUT2D eigenvalue weighted by molar-refractivity contribution is -0.128. The van der Waals surface area contributed by atoms with Gasteiger partial charge in [0.15, 0.2) is 0 Å². The first-order chi connectivity index (χ1) is 4.92. The van der Waals surface area contributed by atoms with Crippen LogP contribution in [0.4, 0.5) is 0 Å². The Morgan fingerprint density at radius 1 is 1.64 bits per heavy atom. The van der Waals surface area contributed by atoms with Crippen LogP contribution in [0, 0.1) is 16.7 Å². The molecule has 4 heteroatoms. The number of nitriles is 1. The fourth-order valence-corrected chi connectivity index (χ4v) is 0.591. The molecule has 1 amide bonds. The second kappa shape index (κ2) is 3.15. The van der Waals surface area contributed by atoms with Crippen molar-refractivity contribution < 1.29 is 9.59 Å². The van der Waals surface area contributed by atoms with Gasteiger partial charge in [-0.1, -0.05) is 0 Å². The molecule has 11 heavy (non-hydrogen) atoms. The van der Waals surface area contributed by atoms with Gasteiger partial charge in [0.2, 0.25) is 5.91 Å². The number of hydrogen-bond donors (Lipinski definition) is 1. The zero-order valence-corrected chi connectivity index (χ0v) is 6.55. The van der Waals surface area contributed by atoms with Crippen LogP contribution < -0.4 is 5.73 Å². The molecule has 0 radical (unpaired) electrons. The van der Waals surface area contributed by atoms with Gasteiger partial charge < -0.3 is 5.73 Å². The van der Waals surface area contributed by atoms with E-state index in [0.717, 1.165) is 0 Å². The lowest BCUT2D eigenvalue weighted by Gasteiger charge is -2.14. The standard InChI is InChI=1S/C7H10N2O2/c1-5(10)7(2,4-8)3-6(9)11/h3H2,1-2H3,(H2,9,11). The van der Waals surface area contributed by atoms with E-state index in [1.807, 2.05) is 0 Å². The van der Waals surface area contributed by atoms with Crippen LogP contribution in [-0.4, -0.2) is 11.7 Å². The summed E-state index contributed by atoms with van der Waals surface area (Å²) in [5, 5.41) is 8.53. The quantitative estimate of drug-likeness (QED) is 0.620. The molecule has 0 aliphatic rings. The highest BCUT2D eigenvalue weighted by molar-refractivity contribution is 5.90. The van der Waals surface area contributed by atoms with E-state index in [1.54, 1.807) is 6.07 Å². The van der Waals surface area contributed by atoms with Gasteiger partial charge in [0.05, 0.1) is 12.5 Å². The predicted molar refractivity (Wildman–Crippen MR) is 38.2 cm³/mol. The summed E-state index contributed by atoms with van der Waals surface area (Å²) in [6, 6.07) is 1.76. The Morgan fingerprint density at radius 3 is 2.18 bits per heavy atom. The molecule has 1 unspecified atom stereocenters. The number of hydrogen-bond acceptors (Lipinski definition) is 3. The van der Waals surface area contributed by atoms with Gasteiger partial charge in [-0.3, -0.25) is 9.59 Å². The Balaban J connectivity index is 4.51. The average molecular weight is 154 g/mol. The molecule has 0 rings (SSSR count). The minimum Gasteiger partial charge on any atom is -0.370 e. The summed E-state index contributed by atoms with van der Waals surface area (Å²) in [6.07, 6.45) is -0.209. The number of primary amides is 1. The van der Waals surface area contributed by atoms with Gasteiger partial charge in [0.1, 0.15) is 11.2 Å². The van der Waals surface area contributed by atoms with E-state index >= 15 is 0 Å². The van der Waals surface area contributed by atoms with E-state index in [4.69, 9.17) is 11.0 Å². The molecule has 0 bridgehead atoms. The van der Waals surface area contributed by atoms with Crippen LogP contribution in [0.5, 0.6) is 0 Å². The Bertz CT molecular complexity index is 229. The maximum atomic E-state index is 10.8. The Kier molecular flexibility index (Phi) is 2.76. The van der Waals surface area contributed by atoms with Crippen molar-refractivity contribution in [3.8, 4) is 6.07 Å². The molecule has 0 aromatic rings. The molecule has 0 aliphatic heterocycles. The second-order valence-electron chi connectivity index (χ2n) is 2.64. The molecule has 4 nitrogen and oxygen atoms in total. The highest BCUT2D eigenvalue weighted by Gasteiger charge is 2.31. The summed E-state index contributed by atoms with van der Waals surface area (Å²) in [6.45, 7) is 2.67. The minimum absolute atomic E-state index is 0.209. The fourth-order valence-electron chi connectivity index (χ4n) is 0.591. The molecule has 0 fully saturated rings. The summed E-state index contributed by atoms with van der Waals surface area (Å²) in [4.78, 5) is 21.2. The van der Waals surface area contributed by atoms with E-state index < -0.39 is 11.3 Å². The number of rotatable bonds is 3. The van der Waals surface area contributed by atoms with E-state index in [1.165, 1.54) is 13.8 Å². The van der Waals surface area contributed by atoms with Crippen molar-refractivity contribution in [2.24, 2.45) is 11.1 Å². The van der Waals surface area contributed by atoms with E-state index in [0.29, 0.717) is 0 Å². The van der Waals surface area contributed by atoms with E-state index in [-0.39, 0.29) is 12.2 Å². The third-order valence-corrected chi connectivity index (χ3v) is 1.55. The van der Waals surface area contributed by atoms with Crippen LogP contribution in [0.3, 0.4) is 0 Å². The smallest absolute Gasteiger partial charge is 0.219 e. The number of nitrogens with two attached hydrogens (primary N) is 1. The Labute approximate surface area is 65.0 Å². The summed E-state index contributed by atoms with van der Waals surface area (Å²) in [5.41, 5.74) is 3.61. The number of carbonyl (C=O) groups is 2. The molecule has 1 atom stereocenters. The van der Waals surface area contributed by atoms with Gasteiger partial charge in [0.25, 0.3) is 0 Å². The lowest BCUT2D eigenvalue weighted by atomic mass is 9.84. The van der Waals surface area contributed by atoms with Gasteiger partial charge in [-0.2, -0.15) is 5.26 Å². The number of ketones is 1. The predicted octanol–water partition coefficient (Wildman–Crippen LogP) is -0.0193. The monoisotopic (exact) mass is 154 g/mol. The largest absolute Gasteiger partial charge is 0.370 e. The van der Waals surface area contributed by atoms with Crippen molar-refractivity contribution >= 4 is 11.7 Å². The molecule has 0 saturated heterocycles. The highest BCUT2D eigenvalue weighted by atomic mass is 16.1. The molecular formula is C7H10N2O2. The van der Waals surface area contributed by atoms with Crippen molar-refractivity contribution in [1.82, 2.24) is 0 Å². The molecule has 0 aliphatic carbocycles. The summed E-state index contributed by atoms with van der Waals surface area (Å²) in [5.74, 6) is -0.969. The molecule has 0 aromatic carbocycles.